The molecule has 0 saturated carbocycles. The maximum atomic E-state index is 3.79. The molecule has 5 heteroatoms. The Hall–Kier alpha value is -0.840. The first-order chi connectivity index (χ1) is 7.00. The molecule has 84 valence electrons. The fourth-order valence-electron chi connectivity index (χ4n) is 1.75. The van der Waals surface area contributed by atoms with E-state index in [2.05, 4.69) is 81.3 Å². The maximum Gasteiger partial charge on any atom is 0.169 e. The molecule has 0 aromatic carbocycles. The second kappa shape index (κ2) is 3.63. The van der Waals surface area contributed by atoms with E-state index < -0.39 is 0 Å². The van der Waals surface area contributed by atoms with Gasteiger partial charge in [-0.25, -0.2) is 0 Å². The number of halogens is 1. The van der Waals surface area contributed by atoms with E-state index in [1.54, 1.807) is 0 Å². The third-order valence-corrected chi connectivity index (χ3v) is 3.71. The molecule has 2 aliphatic rings. The van der Waals surface area contributed by atoms with Gasteiger partial charge in [-0.1, -0.05) is 0 Å². The zero-order valence-corrected chi connectivity index (χ0v) is 11.0. The summed E-state index contributed by atoms with van der Waals surface area (Å²) in [6.45, 7) is 3.99. The zero-order chi connectivity index (χ0) is 11.1. The van der Waals surface area contributed by atoms with Crippen LogP contribution >= 0.6 is 15.9 Å². The van der Waals surface area contributed by atoms with Crippen LogP contribution < -0.4 is 0 Å². The highest BCUT2D eigenvalue weighted by Gasteiger charge is 2.35. The Morgan fingerprint density at radius 2 is 1.33 bits per heavy atom. The van der Waals surface area contributed by atoms with Crippen molar-refractivity contribution in [3.8, 4) is 0 Å². The summed E-state index contributed by atoms with van der Waals surface area (Å²) in [4.78, 5) is 8.83. The highest BCUT2D eigenvalue weighted by Crippen LogP contribution is 2.32. The average Bonchev–Trinajstić information content (AvgIpc) is 2.74. The minimum atomic E-state index is -0.157. The third-order valence-electron chi connectivity index (χ3n) is 2.80. The number of hydrogen-bond donors (Lipinski definition) is 0. The van der Waals surface area contributed by atoms with Crippen molar-refractivity contribution >= 4 is 15.9 Å². The highest BCUT2D eigenvalue weighted by molar-refractivity contribution is 9.10. The first-order valence-corrected chi connectivity index (χ1v) is 5.79. The van der Waals surface area contributed by atoms with E-state index in [4.69, 9.17) is 0 Å². The number of hydrogen-bond acceptors (Lipinski definition) is 4. The summed E-state index contributed by atoms with van der Waals surface area (Å²) < 4.78 is -0.157. The Morgan fingerprint density at radius 3 is 1.60 bits per heavy atom. The van der Waals surface area contributed by atoms with Gasteiger partial charge >= 0.3 is 0 Å². The van der Waals surface area contributed by atoms with Gasteiger partial charge in [0.25, 0.3) is 0 Å². The van der Waals surface area contributed by atoms with Crippen molar-refractivity contribution in [3.63, 3.8) is 0 Å². The average molecular weight is 273 g/mol. The molecule has 0 spiro atoms. The number of nitrogens with zero attached hydrogens (tertiary/aromatic N) is 4. The molecular formula is C10H17BrN4. The molecule has 0 aliphatic carbocycles. The van der Waals surface area contributed by atoms with Crippen molar-refractivity contribution in [2.75, 3.05) is 27.4 Å². The molecule has 0 unspecified atom stereocenters. The first kappa shape index (κ1) is 10.7. The largest absolute Gasteiger partial charge is 0.362 e. The van der Waals surface area contributed by atoms with E-state index in [0.717, 1.165) is 13.3 Å². The second-order valence-electron chi connectivity index (χ2n) is 4.24. The molecule has 0 atom stereocenters. The van der Waals surface area contributed by atoms with Crippen LogP contribution in [0.3, 0.4) is 0 Å². The van der Waals surface area contributed by atoms with Crippen LogP contribution in [0, 0.1) is 0 Å². The summed E-state index contributed by atoms with van der Waals surface area (Å²) in [6, 6.07) is 0. The van der Waals surface area contributed by atoms with Gasteiger partial charge in [0.2, 0.25) is 0 Å². The Kier molecular flexibility index (Phi) is 2.58. The van der Waals surface area contributed by atoms with E-state index in [-0.39, 0.29) is 4.57 Å². The van der Waals surface area contributed by atoms with E-state index >= 15 is 0 Å². The lowest BCUT2D eigenvalue weighted by Gasteiger charge is -2.41. The lowest BCUT2D eigenvalue weighted by atomic mass is 10.4. The minimum absolute atomic E-state index is 0.157. The molecule has 2 aliphatic heterocycles. The van der Waals surface area contributed by atoms with Crippen molar-refractivity contribution in [1.29, 1.82) is 0 Å². The van der Waals surface area contributed by atoms with Crippen molar-refractivity contribution in [2.45, 2.75) is 11.5 Å². The second-order valence-corrected chi connectivity index (χ2v) is 5.74. The van der Waals surface area contributed by atoms with Gasteiger partial charge in [0.15, 0.2) is 4.57 Å². The monoisotopic (exact) mass is 272 g/mol. The number of alkyl halides is 1. The lowest BCUT2D eigenvalue weighted by molar-refractivity contribution is 0.0823. The molecule has 4 nitrogen and oxygen atoms in total. The molecule has 0 amide bonds. The van der Waals surface area contributed by atoms with Crippen molar-refractivity contribution in [2.24, 2.45) is 0 Å². The lowest BCUT2D eigenvalue weighted by Crippen LogP contribution is -2.50. The van der Waals surface area contributed by atoms with Crippen molar-refractivity contribution in [3.05, 3.63) is 24.8 Å². The van der Waals surface area contributed by atoms with Crippen LogP contribution in [-0.2, 0) is 0 Å². The minimum Gasteiger partial charge on any atom is -0.362 e. The smallest absolute Gasteiger partial charge is 0.169 e. The molecule has 0 saturated heterocycles. The van der Waals surface area contributed by atoms with Crippen LogP contribution in [0.2, 0.25) is 0 Å². The molecule has 0 radical (unpaired) electrons. The normalized spacial score (nSPS) is 21.1. The van der Waals surface area contributed by atoms with Crippen LogP contribution in [0.25, 0.3) is 0 Å². The Balaban J connectivity index is 2.07. The summed E-state index contributed by atoms with van der Waals surface area (Å²) in [6.07, 6.45) is 8.40. The Morgan fingerprint density at radius 1 is 0.933 bits per heavy atom. The van der Waals surface area contributed by atoms with E-state index in [9.17, 15) is 0 Å². The molecule has 0 bridgehead atoms. The van der Waals surface area contributed by atoms with Crippen LogP contribution in [-0.4, -0.2) is 51.6 Å². The molecule has 2 heterocycles. The van der Waals surface area contributed by atoms with Gasteiger partial charge in [-0.3, -0.25) is 0 Å². The van der Waals surface area contributed by atoms with E-state index in [0.29, 0.717) is 0 Å². The Labute approximate surface area is 99.5 Å². The number of rotatable bonds is 2. The van der Waals surface area contributed by atoms with Crippen LogP contribution in [0.5, 0.6) is 0 Å². The predicted octanol–water partition coefficient (Wildman–Crippen LogP) is 1.41. The summed E-state index contributed by atoms with van der Waals surface area (Å²) in [5, 5.41) is 0. The predicted molar refractivity (Wildman–Crippen MR) is 64.6 cm³/mol. The summed E-state index contributed by atoms with van der Waals surface area (Å²) in [5.74, 6) is 0. The molecule has 0 aromatic heterocycles. The fraction of sp³-hybridized carbons (Fsp3) is 0.600. The van der Waals surface area contributed by atoms with Gasteiger partial charge in [-0.05, 0) is 22.9 Å². The Bertz CT molecular complexity index is 272. The fourth-order valence-corrected chi connectivity index (χ4v) is 2.21. The summed E-state index contributed by atoms with van der Waals surface area (Å²) in [7, 11) is 4.15. The van der Waals surface area contributed by atoms with Crippen LogP contribution in [0.15, 0.2) is 24.8 Å². The molecule has 0 fully saturated rings. The maximum absolute atomic E-state index is 3.79. The van der Waals surface area contributed by atoms with E-state index in [1.165, 1.54) is 0 Å². The molecular weight excluding hydrogens is 256 g/mol. The van der Waals surface area contributed by atoms with Gasteiger partial charge < -0.3 is 19.6 Å². The molecule has 0 aromatic rings. The SMILES string of the molecule is CN1C=CN(C(C)(Br)N2C=CN(C)C2)C1. The van der Waals surface area contributed by atoms with Crippen LogP contribution in [0.1, 0.15) is 6.92 Å². The molecule has 0 N–H and O–H groups in total. The quantitative estimate of drug-likeness (QED) is 0.557. The highest BCUT2D eigenvalue weighted by atomic mass is 79.9. The van der Waals surface area contributed by atoms with Gasteiger partial charge in [0.1, 0.15) is 0 Å². The van der Waals surface area contributed by atoms with Gasteiger partial charge in [-0.2, -0.15) is 0 Å². The first-order valence-electron chi connectivity index (χ1n) is 4.99. The van der Waals surface area contributed by atoms with Crippen molar-refractivity contribution in [1.82, 2.24) is 19.6 Å². The standard InChI is InChI=1S/C10H17BrN4/c1-10(11,14-6-4-12(2)8-14)15-7-5-13(3)9-15/h4-7H,8-9H2,1-3H3. The van der Waals surface area contributed by atoms with Crippen molar-refractivity contribution < 1.29 is 0 Å². The summed E-state index contributed by atoms with van der Waals surface area (Å²) >= 11 is 3.79. The van der Waals surface area contributed by atoms with Gasteiger partial charge in [0.05, 0.1) is 13.3 Å². The third kappa shape index (κ3) is 1.93. The zero-order valence-electron chi connectivity index (χ0n) is 9.39. The molecule has 15 heavy (non-hydrogen) atoms. The van der Waals surface area contributed by atoms with E-state index in [1.807, 2.05) is 0 Å². The van der Waals surface area contributed by atoms with Crippen LogP contribution in [0.4, 0.5) is 0 Å². The molecule has 2 rings (SSSR count). The summed E-state index contributed by atoms with van der Waals surface area (Å²) in [5.41, 5.74) is 0. The van der Waals surface area contributed by atoms with Gasteiger partial charge in [-0.15, -0.1) is 0 Å². The van der Waals surface area contributed by atoms with Gasteiger partial charge in [0, 0.05) is 38.9 Å². The topological polar surface area (TPSA) is 13.0 Å².